The van der Waals surface area contributed by atoms with E-state index in [4.69, 9.17) is 20.8 Å². The molecule has 11 heteroatoms. The predicted octanol–water partition coefficient (Wildman–Crippen LogP) is 6.41. The van der Waals surface area contributed by atoms with Crippen LogP contribution >= 0.6 is 27.5 Å². The number of aryl methyl sites for hydroxylation is 1. The molecule has 2 N–H and O–H groups in total. The SMILES string of the molecule is COC(=O)/C=C(\C(=O)OC)c1c(C(=O)O)c(C(=O)O)c(-c2ccc(Br)cc2)c2oc3c(C)c(C)c(Cl)cc3c12. The number of fused-ring (bicyclic) bond motifs is 3. The number of methoxy groups -OCH3 is 2. The average Bonchev–Trinajstić information content (AvgIpc) is 3.28. The zero-order chi connectivity index (χ0) is 28.8. The number of ether oxygens (including phenoxy) is 2. The summed E-state index contributed by atoms with van der Waals surface area (Å²) in [6.45, 7) is 3.51. The Hall–Kier alpha value is -4.15. The van der Waals surface area contributed by atoms with E-state index in [0.29, 0.717) is 37.2 Å². The number of carbonyl (C=O) groups is 4. The van der Waals surface area contributed by atoms with E-state index in [2.05, 4.69) is 20.7 Å². The number of benzene rings is 3. The summed E-state index contributed by atoms with van der Waals surface area (Å²) >= 11 is 9.84. The number of halogens is 2. The fraction of sp³-hybridized carbons (Fsp3) is 0.143. The van der Waals surface area contributed by atoms with Gasteiger partial charge in [0, 0.05) is 37.5 Å². The van der Waals surface area contributed by atoms with Gasteiger partial charge in [0.2, 0.25) is 0 Å². The Bertz CT molecular complexity index is 1750. The topological polar surface area (TPSA) is 140 Å². The number of carboxylic acids is 2. The highest BCUT2D eigenvalue weighted by Gasteiger charge is 2.35. The molecule has 39 heavy (non-hydrogen) atoms. The molecule has 1 aromatic heterocycles. The lowest BCUT2D eigenvalue weighted by Gasteiger charge is -2.17. The summed E-state index contributed by atoms with van der Waals surface area (Å²) in [6, 6.07) is 8.06. The van der Waals surface area contributed by atoms with Gasteiger partial charge in [0.15, 0.2) is 0 Å². The number of carbonyl (C=O) groups excluding carboxylic acids is 2. The molecule has 4 rings (SSSR count). The molecule has 0 radical (unpaired) electrons. The van der Waals surface area contributed by atoms with Gasteiger partial charge in [0.1, 0.15) is 11.2 Å². The van der Waals surface area contributed by atoms with E-state index in [1.165, 1.54) is 0 Å². The van der Waals surface area contributed by atoms with Gasteiger partial charge in [-0.1, -0.05) is 39.7 Å². The van der Waals surface area contributed by atoms with Crippen LogP contribution < -0.4 is 0 Å². The zero-order valence-electron chi connectivity index (χ0n) is 21.0. The molecule has 9 nitrogen and oxygen atoms in total. The van der Waals surface area contributed by atoms with E-state index in [9.17, 15) is 29.4 Å². The van der Waals surface area contributed by atoms with Crippen molar-refractivity contribution >= 4 is 78.9 Å². The van der Waals surface area contributed by atoms with Gasteiger partial charge < -0.3 is 24.1 Å². The maximum atomic E-state index is 13.0. The van der Waals surface area contributed by atoms with Gasteiger partial charge in [0.25, 0.3) is 0 Å². The summed E-state index contributed by atoms with van der Waals surface area (Å²) in [4.78, 5) is 50.9. The molecule has 0 saturated heterocycles. The van der Waals surface area contributed by atoms with Crippen LogP contribution in [0.2, 0.25) is 5.02 Å². The van der Waals surface area contributed by atoms with E-state index in [0.717, 1.165) is 20.3 Å². The van der Waals surface area contributed by atoms with Gasteiger partial charge >= 0.3 is 23.9 Å². The van der Waals surface area contributed by atoms with Crippen LogP contribution in [-0.2, 0) is 19.1 Å². The predicted molar refractivity (Wildman–Crippen MR) is 147 cm³/mol. The Balaban J connectivity index is 2.44. The minimum absolute atomic E-state index is 0.0193. The van der Waals surface area contributed by atoms with Gasteiger partial charge in [-0.2, -0.15) is 0 Å². The molecule has 0 saturated carbocycles. The highest BCUT2D eigenvalue weighted by Crippen LogP contribution is 2.47. The quantitative estimate of drug-likeness (QED) is 0.186. The van der Waals surface area contributed by atoms with Gasteiger partial charge in [-0.15, -0.1) is 0 Å². The fourth-order valence-corrected chi connectivity index (χ4v) is 4.98. The normalized spacial score (nSPS) is 11.6. The number of rotatable bonds is 6. The zero-order valence-corrected chi connectivity index (χ0v) is 23.3. The molecule has 0 amide bonds. The van der Waals surface area contributed by atoms with Crippen LogP contribution in [0.3, 0.4) is 0 Å². The third-order valence-corrected chi connectivity index (χ3v) is 7.32. The third-order valence-electron chi connectivity index (χ3n) is 6.40. The van der Waals surface area contributed by atoms with Crippen LogP contribution in [0.5, 0.6) is 0 Å². The monoisotopic (exact) mass is 614 g/mol. The summed E-state index contributed by atoms with van der Waals surface area (Å²) in [7, 11) is 2.11. The van der Waals surface area contributed by atoms with Crippen molar-refractivity contribution in [2.45, 2.75) is 13.8 Å². The second kappa shape index (κ2) is 10.5. The molecule has 0 bridgehead atoms. The number of carboxylic acid groups (broad SMARTS) is 2. The number of hydrogen-bond donors (Lipinski definition) is 2. The molecule has 0 unspecified atom stereocenters. The molecule has 4 aromatic rings. The molecule has 0 aliphatic carbocycles. The third kappa shape index (κ3) is 4.66. The molecule has 200 valence electrons. The van der Waals surface area contributed by atoms with Crippen LogP contribution in [0.1, 0.15) is 37.4 Å². The lowest BCUT2D eigenvalue weighted by molar-refractivity contribution is -0.136. The van der Waals surface area contributed by atoms with Crippen LogP contribution in [0, 0.1) is 13.8 Å². The Morgan fingerprint density at radius 1 is 0.897 bits per heavy atom. The highest BCUT2D eigenvalue weighted by molar-refractivity contribution is 9.10. The van der Waals surface area contributed by atoms with Crippen LogP contribution in [-0.4, -0.2) is 48.3 Å². The number of furan rings is 1. The first-order valence-electron chi connectivity index (χ1n) is 11.3. The summed E-state index contributed by atoms with van der Waals surface area (Å²) in [5.74, 6) is -5.35. The van der Waals surface area contributed by atoms with E-state index in [1.54, 1.807) is 44.2 Å². The summed E-state index contributed by atoms with van der Waals surface area (Å²) in [5, 5.41) is 21.5. The molecule has 0 aliphatic rings. The molecule has 3 aromatic carbocycles. The Morgan fingerprint density at radius 2 is 1.51 bits per heavy atom. The van der Waals surface area contributed by atoms with Crippen molar-refractivity contribution < 1.29 is 43.3 Å². The maximum Gasteiger partial charge on any atom is 0.338 e. The van der Waals surface area contributed by atoms with Crippen molar-refractivity contribution in [3.05, 3.63) is 73.7 Å². The standard InChI is InChI=1S/C28H20BrClO9/c1-11-12(2)24-15(9-17(11)30)21-20(16(28(36)38-4)10-18(31)37-3)23(27(34)35)22(26(32)33)19(25(21)39-24)13-5-7-14(29)8-6-13/h5-10H,1-4H3,(H,32,33)(H,34,35)/b16-10-. The summed E-state index contributed by atoms with van der Waals surface area (Å²) < 4.78 is 16.5. The molecule has 1 heterocycles. The van der Waals surface area contributed by atoms with Crippen molar-refractivity contribution in [3.8, 4) is 11.1 Å². The van der Waals surface area contributed by atoms with E-state index in [-0.39, 0.29) is 22.1 Å². The minimum Gasteiger partial charge on any atom is -0.478 e. The minimum atomic E-state index is -1.66. The Labute approximate surface area is 234 Å². The second-order valence-electron chi connectivity index (χ2n) is 8.48. The number of esters is 2. The maximum absolute atomic E-state index is 13.0. The smallest absolute Gasteiger partial charge is 0.338 e. The molecule has 0 spiro atoms. The molecule has 0 atom stereocenters. The number of aromatic carboxylic acids is 2. The van der Waals surface area contributed by atoms with Gasteiger partial charge in [-0.25, -0.2) is 19.2 Å². The van der Waals surface area contributed by atoms with Crippen LogP contribution in [0.4, 0.5) is 0 Å². The van der Waals surface area contributed by atoms with Gasteiger partial charge in [-0.05, 0) is 48.7 Å². The molecular formula is C28H20BrClO9. The first-order chi connectivity index (χ1) is 18.4. The second-order valence-corrected chi connectivity index (χ2v) is 9.80. The average molecular weight is 616 g/mol. The molecule has 0 fully saturated rings. The van der Waals surface area contributed by atoms with E-state index >= 15 is 0 Å². The summed E-state index contributed by atoms with van der Waals surface area (Å²) in [5.41, 5.74) is -0.418. The van der Waals surface area contributed by atoms with E-state index in [1.807, 2.05) is 0 Å². The van der Waals surface area contributed by atoms with Gasteiger partial charge in [0.05, 0.1) is 30.9 Å². The van der Waals surface area contributed by atoms with Crippen molar-refractivity contribution in [2.24, 2.45) is 0 Å². The lowest BCUT2D eigenvalue weighted by Crippen LogP contribution is -2.17. The van der Waals surface area contributed by atoms with Gasteiger partial charge in [-0.3, -0.25) is 0 Å². The summed E-state index contributed by atoms with van der Waals surface area (Å²) in [6.07, 6.45) is 0.749. The van der Waals surface area contributed by atoms with E-state index < -0.39 is 40.6 Å². The van der Waals surface area contributed by atoms with Crippen molar-refractivity contribution in [1.29, 1.82) is 0 Å². The van der Waals surface area contributed by atoms with Crippen molar-refractivity contribution in [2.75, 3.05) is 14.2 Å². The fourth-order valence-electron chi connectivity index (χ4n) is 4.47. The van der Waals surface area contributed by atoms with Crippen molar-refractivity contribution in [3.63, 3.8) is 0 Å². The number of hydrogen-bond acceptors (Lipinski definition) is 7. The largest absolute Gasteiger partial charge is 0.478 e. The van der Waals surface area contributed by atoms with Crippen LogP contribution in [0.15, 0.2) is 45.3 Å². The lowest BCUT2D eigenvalue weighted by atomic mass is 9.84. The van der Waals surface area contributed by atoms with Crippen molar-refractivity contribution in [1.82, 2.24) is 0 Å². The highest BCUT2D eigenvalue weighted by atomic mass is 79.9. The van der Waals surface area contributed by atoms with Crippen LogP contribution in [0.25, 0.3) is 38.6 Å². The first kappa shape index (κ1) is 27.9. The Morgan fingerprint density at radius 3 is 2.05 bits per heavy atom. The molecule has 0 aliphatic heterocycles. The first-order valence-corrected chi connectivity index (χ1v) is 12.4. The molecular weight excluding hydrogens is 596 g/mol. The Kier molecular flexibility index (Phi) is 7.54.